The molecular formula is C18H23NO2. The number of nitrogens with two attached hydrogens (primary N) is 1. The van der Waals surface area contributed by atoms with Gasteiger partial charge >= 0.3 is 0 Å². The number of ether oxygens (including phenoxy) is 2. The quantitative estimate of drug-likeness (QED) is 0.596. The molecule has 0 aromatic heterocycles. The number of hydrogen-bond donors (Lipinski definition) is 1. The first-order valence-corrected chi connectivity index (χ1v) is 7.33. The van der Waals surface area contributed by atoms with Gasteiger partial charge in [0.2, 0.25) is 0 Å². The van der Waals surface area contributed by atoms with Gasteiger partial charge in [-0.2, -0.15) is 0 Å². The Morgan fingerprint density at radius 1 is 0.810 bits per heavy atom. The Balaban J connectivity index is 1.69. The van der Waals surface area contributed by atoms with Crippen LogP contribution in [0.15, 0.2) is 48.5 Å². The maximum Gasteiger partial charge on any atom is 0.119 e. The Kier molecular flexibility index (Phi) is 6.10. The predicted molar refractivity (Wildman–Crippen MR) is 86.7 cm³/mol. The van der Waals surface area contributed by atoms with Gasteiger partial charge in [0, 0.05) is 12.8 Å². The molecule has 0 amide bonds. The van der Waals surface area contributed by atoms with Crippen LogP contribution in [-0.4, -0.2) is 20.3 Å². The summed E-state index contributed by atoms with van der Waals surface area (Å²) in [5, 5.41) is 0. The van der Waals surface area contributed by atoms with Crippen LogP contribution in [0.25, 0.3) is 0 Å². The fourth-order valence-corrected chi connectivity index (χ4v) is 2.12. The minimum Gasteiger partial charge on any atom is -0.494 e. The molecule has 3 nitrogen and oxygen atoms in total. The molecule has 0 saturated heterocycles. The first-order chi connectivity index (χ1) is 10.3. The second-order valence-electron chi connectivity index (χ2n) is 5.08. The summed E-state index contributed by atoms with van der Waals surface area (Å²) in [5.41, 5.74) is 9.04. The summed E-state index contributed by atoms with van der Waals surface area (Å²) in [5.74, 6) is 0.925. The standard InChI is InChI=1S/C18H23NO2/c1-20-14-12-16-6-10-18(11-7-16)21-13-2-3-15-4-8-17(19)9-5-15/h4-11H,2-3,12-14,19H2,1H3. The smallest absolute Gasteiger partial charge is 0.119 e. The van der Waals surface area contributed by atoms with Crippen LogP contribution in [-0.2, 0) is 17.6 Å². The molecule has 0 saturated carbocycles. The van der Waals surface area contributed by atoms with Crippen molar-refractivity contribution in [2.75, 3.05) is 26.1 Å². The fraction of sp³-hybridized carbons (Fsp3) is 0.333. The number of benzene rings is 2. The first-order valence-electron chi connectivity index (χ1n) is 7.33. The highest BCUT2D eigenvalue weighted by Gasteiger charge is 1.97. The second kappa shape index (κ2) is 8.32. The lowest BCUT2D eigenvalue weighted by Gasteiger charge is -2.07. The van der Waals surface area contributed by atoms with Crippen LogP contribution in [0.4, 0.5) is 5.69 Å². The lowest BCUT2D eigenvalue weighted by atomic mass is 10.1. The molecule has 0 radical (unpaired) electrons. The van der Waals surface area contributed by atoms with E-state index in [1.807, 2.05) is 24.3 Å². The van der Waals surface area contributed by atoms with Gasteiger partial charge in [0.25, 0.3) is 0 Å². The molecule has 0 aliphatic rings. The summed E-state index contributed by atoms with van der Waals surface area (Å²) >= 11 is 0. The molecule has 21 heavy (non-hydrogen) atoms. The third-order valence-corrected chi connectivity index (χ3v) is 3.38. The van der Waals surface area contributed by atoms with E-state index in [-0.39, 0.29) is 0 Å². The molecule has 0 atom stereocenters. The van der Waals surface area contributed by atoms with Crippen LogP contribution < -0.4 is 10.5 Å². The Hall–Kier alpha value is -2.00. The number of anilines is 1. The highest BCUT2D eigenvalue weighted by molar-refractivity contribution is 5.39. The molecule has 0 fully saturated rings. The minimum atomic E-state index is 0.724. The monoisotopic (exact) mass is 285 g/mol. The van der Waals surface area contributed by atoms with Gasteiger partial charge in [-0.3, -0.25) is 0 Å². The Morgan fingerprint density at radius 2 is 1.43 bits per heavy atom. The van der Waals surface area contributed by atoms with Crippen molar-refractivity contribution in [1.29, 1.82) is 0 Å². The van der Waals surface area contributed by atoms with E-state index in [2.05, 4.69) is 24.3 Å². The molecule has 2 aromatic carbocycles. The largest absolute Gasteiger partial charge is 0.494 e. The first kappa shape index (κ1) is 15.4. The molecule has 2 rings (SSSR count). The molecule has 2 aromatic rings. The van der Waals surface area contributed by atoms with Crippen molar-refractivity contribution in [2.24, 2.45) is 0 Å². The SMILES string of the molecule is COCCc1ccc(OCCCc2ccc(N)cc2)cc1. The van der Waals surface area contributed by atoms with E-state index in [0.717, 1.165) is 43.9 Å². The van der Waals surface area contributed by atoms with Gasteiger partial charge in [0.15, 0.2) is 0 Å². The van der Waals surface area contributed by atoms with Crippen molar-refractivity contribution in [1.82, 2.24) is 0 Å². The van der Waals surface area contributed by atoms with Gasteiger partial charge in [-0.15, -0.1) is 0 Å². The molecule has 0 aliphatic heterocycles. The number of aryl methyl sites for hydroxylation is 1. The summed E-state index contributed by atoms with van der Waals surface area (Å²) < 4.78 is 10.8. The summed E-state index contributed by atoms with van der Waals surface area (Å²) in [7, 11) is 1.72. The van der Waals surface area contributed by atoms with Gasteiger partial charge in [0.05, 0.1) is 13.2 Å². The molecule has 2 N–H and O–H groups in total. The molecular weight excluding hydrogens is 262 g/mol. The number of hydrogen-bond acceptors (Lipinski definition) is 3. The lowest BCUT2D eigenvalue weighted by Crippen LogP contribution is -2.00. The van der Waals surface area contributed by atoms with Crippen molar-refractivity contribution >= 4 is 5.69 Å². The van der Waals surface area contributed by atoms with Gasteiger partial charge in [-0.1, -0.05) is 24.3 Å². The van der Waals surface area contributed by atoms with Crippen molar-refractivity contribution in [3.8, 4) is 5.75 Å². The summed E-state index contributed by atoms with van der Waals surface area (Å²) in [4.78, 5) is 0. The van der Waals surface area contributed by atoms with Gasteiger partial charge in [-0.05, 0) is 54.7 Å². The highest BCUT2D eigenvalue weighted by Crippen LogP contribution is 2.14. The summed E-state index contributed by atoms with van der Waals surface area (Å²) in [6.45, 7) is 1.48. The van der Waals surface area contributed by atoms with Crippen molar-refractivity contribution in [3.63, 3.8) is 0 Å². The maximum atomic E-state index is 5.75. The summed E-state index contributed by atoms with van der Waals surface area (Å²) in [6, 6.07) is 16.2. The number of methoxy groups -OCH3 is 1. The molecule has 0 bridgehead atoms. The molecule has 3 heteroatoms. The Morgan fingerprint density at radius 3 is 2.10 bits per heavy atom. The normalized spacial score (nSPS) is 10.5. The lowest BCUT2D eigenvalue weighted by molar-refractivity contribution is 0.202. The minimum absolute atomic E-state index is 0.724. The third kappa shape index (κ3) is 5.48. The number of nitrogen functional groups attached to an aromatic ring is 1. The zero-order valence-corrected chi connectivity index (χ0v) is 12.5. The van der Waals surface area contributed by atoms with E-state index in [1.54, 1.807) is 7.11 Å². The average molecular weight is 285 g/mol. The van der Waals surface area contributed by atoms with E-state index in [4.69, 9.17) is 15.2 Å². The summed E-state index contributed by atoms with van der Waals surface area (Å²) in [6.07, 6.45) is 2.94. The van der Waals surface area contributed by atoms with E-state index >= 15 is 0 Å². The van der Waals surface area contributed by atoms with Crippen molar-refractivity contribution in [3.05, 3.63) is 59.7 Å². The zero-order valence-electron chi connectivity index (χ0n) is 12.5. The van der Waals surface area contributed by atoms with Gasteiger partial charge < -0.3 is 15.2 Å². The average Bonchev–Trinajstić information content (AvgIpc) is 2.52. The Labute approximate surface area is 126 Å². The topological polar surface area (TPSA) is 44.5 Å². The maximum absolute atomic E-state index is 5.75. The van der Waals surface area contributed by atoms with E-state index in [1.165, 1.54) is 11.1 Å². The third-order valence-electron chi connectivity index (χ3n) is 3.38. The predicted octanol–water partition coefficient (Wildman–Crippen LogP) is 3.47. The van der Waals surface area contributed by atoms with E-state index in [0.29, 0.717) is 0 Å². The van der Waals surface area contributed by atoms with Crippen LogP contribution in [0.5, 0.6) is 5.75 Å². The van der Waals surface area contributed by atoms with E-state index < -0.39 is 0 Å². The van der Waals surface area contributed by atoms with Gasteiger partial charge in [0.1, 0.15) is 5.75 Å². The van der Waals surface area contributed by atoms with Crippen LogP contribution in [0.3, 0.4) is 0 Å². The van der Waals surface area contributed by atoms with Crippen molar-refractivity contribution in [2.45, 2.75) is 19.3 Å². The molecule has 0 heterocycles. The van der Waals surface area contributed by atoms with Crippen LogP contribution >= 0.6 is 0 Å². The number of rotatable bonds is 8. The molecule has 0 spiro atoms. The van der Waals surface area contributed by atoms with Crippen molar-refractivity contribution < 1.29 is 9.47 Å². The highest BCUT2D eigenvalue weighted by atomic mass is 16.5. The molecule has 0 aliphatic carbocycles. The Bertz CT molecular complexity index is 520. The second-order valence-corrected chi connectivity index (χ2v) is 5.08. The molecule has 0 unspecified atom stereocenters. The van der Waals surface area contributed by atoms with Gasteiger partial charge in [-0.25, -0.2) is 0 Å². The fourth-order valence-electron chi connectivity index (χ4n) is 2.12. The van der Waals surface area contributed by atoms with Crippen LogP contribution in [0.2, 0.25) is 0 Å². The van der Waals surface area contributed by atoms with Crippen LogP contribution in [0.1, 0.15) is 17.5 Å². The zero-order chi connectivity index (χ0) is 14.9. The molecule has 112 valence electrons. The van der Waals surface area contributed by atoms with Crippen LogP contribution in [0, 0.1) is 0 Å². The van der Waals surface area contributed by atoms with E-state index in [9.17, 15) is 0 Å².